The summed E-state index contributed by atoms with van der Waals surface area (Å²) in [7, 11) is -2.11. The number of esters is 1. The molecule has 0 atom stereocenters. The number of hydrogen-bond acceptors (Lipinski definition) is 7. The van der Waals surface area contributed by atoms with Crippen molar-refractivity contribution in [2.75, 3.05) is 32.1 Å². The molecule has 1 fully saturated rings. The van der Waals surface area contributed by atoms with Crippen LogP contribution < -0.4 is 10.1 Å². The summed E-state index contributed by atoms with van der Waals surface area (Å²) in [4.78, 5) is 27.1. The number of hydrogen-bond donors (Lipinski definition) is 1. The molecule has 0 spiro atoms. The summed E-state index contributed by atoms with van der Waals surface area (Å²) >= 11 is 1.46. The zero-order valence-corrected chi connectivity index (χ0v) is 21.1. The predicted molar refractivity (Wildman–Crippen MR) is 130 cm³/mol. The van der Waals surface area contributed by atoms with Gasteiger partial charge in [0.15, 0.2) is 0 Å². The highest BCUT2D eigenvalue weighted by atomic mass is 32.2. The largest absolute Gasteiger partial charge is 0.497 e. The van der Waals surface area contributed by atoms with Crippen molar-refractivity contribution in [2.45, 2.75) is 50.3 Å². The van der Waals surface area contributed by atoms with E-state index in [4.69, 9.17) is 9.47 Å². The van der Waals surface area contributed by atoms with Crippen LogP contribution in [-0.4, -0.2) is 51.4 Å². The van der Waals surface area contributed by atoms with Gasteiger partial charge in [-0.25, -0.2) is 13.2 Å². The number of nitrogens with zero attached hydrogens (tertiary/aromatic N) is 1. The molecule has 0 saturated carbocycles. The minimum absolute atomic E-state index is 0.175. The van der Waals surface area contributed by atoms with Crippen LogP contribution in [0.15, 0.2) is 29.2 Å². The summed E-state index contributed by atoms with van der Waals surface area (Å²) in [6.45, 7) is 2.57. The minimum atomic E-state index is -3.63. The zero-order valence-electron chi connectivity index (χ0n) is 19.5. The van der Waals surface area contributed by atoms with Crippen molar-refractivity contribution in [1.82, 2.24) is 4.31 Å². The number of fused-ring (bicyclic) bond motifs is 1. The molecule has 2 aromatic rings. The molecule has 1 saturated heterocycles. The van der Waals surface area contributed by atoms with Crippen molar-refractivity contribution in [2.24, 2.45) is 5.92 Å². The smallest absolute Gasteiger partial charge is 0.341 e. The lowest BCUT2D eigenvalue weighted by atomic mass is 9.95. The molecule has 1 aromatic carbocycles. The number of rotatable bonds is 7. The van der Waals surface area contributed by atoms with Crippen molar-refractivity contribution in [1.29, 1.82) is 0 Å². The Kier molecular flexibility index (Phi) is 7.59. The number of anilines is 1. The quantitative estimate of drug-likeness (QED) is 0.573. The maximum Gasteiger partial charge on any atom is 0.341 e. The van der Waals surface area contributed by atoms with Crippen LogP contribution >= 0.6 is 11.3 Å². The maximum absolute atomic E-state index is 13.1. The third kappa shape index (κ3) is 4.99. The number of amides is 1. The zero-order chi connectivity index (χ0) is 24.3. The molecule has 1 N–H and O–H groups in total. The number of carbonyl (C=O) groups excluding carboxylic acids is 2. The second-order valence-electron chi connectivity index (χ2n) is 8.48. The summed E-state index contributed by atoms with van der Waals surface area (Å²) in [5, 5.41) is 3.53. The van der Waals surface area contributed by atoms with Crippen LogP contribution in [-0.2, 0) is 32.4 Å². The van der Waals surface area contributed by atoms with E-state index in [0.717, 1.165) is 36.1 Å². The van der Waals surface area contributed by atoms with Gasteiger partial charge in [-0.15, -0.1) is 11.3 Å². The highest BCUT2D eigenvalue weighted by molar-refractivity contribution is 7.89. The van der Waals surface area contributed by atoms with Crippen molar-refractivity contribution >= 4 is 38.2 Å². The molecule has 1 aromatic heterocycles. The number of methoxy groups -OCH3 is 1. The van der Waals surface area contributed by atoms with Crippen molar-refractivity contribution < 1.29 is 27.5 Å². The first-order chi connectivity index (χ1) is 16.3. The summed E-state index contributed by atoms with van der Waals surface area (Å²) in [5.41, 5.74) is 1.50. The van der Waals surface area contributed by atoms with Gasteiger partial charge in [0.25, 0.3) is 0 Å². The van der Waals surface area contributed by atoms with Crippen LogP contribution in [0.4, 0.5) is 5.00 Å². The molecule has 0 unspecified atom stereocenters. The molecular formula is C24H30N2O6S2. The molecule has 0 bridgehead atoms. The molecule has 0 radical (unpaired) electrons. The maximum atomic E-state index is 13.1. The fourth-order valence-corrected chi connectivity index (χ4v) is 7.29. The van der Waals surface area contributed by atoms with Crippen LogP contribution in [0.3, 0.4) is 0 Å². The second kappa shape index (κ2) is 10.5. The van der Waals surface area contributed by atoms with Crippen molar-refractivity contribution in [3.8, 4) is 5.75 Å². The topological polar surface area (TPSA) is 102 Å². The van der Waals surface area contributed by atoms with Crippen LogP contribution in [0.1, 0.15) is 53.4 Å². The first kappa shape index (κ1) is 24.7. The van der Waals surface area contributed by atoms with Crippen molar-refractivity contribution in [3.63, 3.8) is 0 Å². The SMILES string of the molecule is CCOC(=O)c1c(NC(=O)C2CCN(S(=O)(=O)c3ccc(OC)cc3)CC2)sc2c1CCCC2. The lowest BCUT2D eigenvalue weighted by molar-refractivity contribution is -0.120. The van der Waals surface area contributed by atoms with E-state index in [9.17, 15) is 18.0 Å². The van der Waals surface area contributed by atoms with E-state index in [1.807, 2.05) is 0 Å². The van der Waals surface area contributed by atoms with Gasteiger partial charge < -0.3 is 14.8 Å². The van der Waals surface area contributed by atoms with Gasteiger partial charge in [-0.3, -0.25) is 4.79 Å². The summed E-state index contributed by atoms with van der Waals surface area (Å²) in [6, 6.07) is 6.30. The van der Waals surface area contributed by atoms with Gasteiger partial charge in [0.05, 0.1) is 24.2 Å². The molecule has 184 valence electrons. The number of aryl methyl sites for hydroxylation is 1. The highest BCUT2D eigenvalue weighted by Gasteiger charge is 2.34. The molecule has 34 heavy (non-hydrogen) atoms. The van der Waals surface area contributed by atoms with Crippen LogP contribution in [0.25, 0.3) is 0 Å². The number of benzene rings is 1. The van der Waals surface area contributed by atoms with E-state index < -0.39 is 16.0 Å². The number of piperidine rings is 1. The van der Waals surface area contributed by atoms with Gasteiger partial charge in [0.2, 0.25) is 15.9 Å². The van der Waals surface area contributed by atoms with E-state index in [-0.39, 0.29) is 36.4 Å². The Bertz CT molecular complexity index is 1150. The second-order valence-corrected chi connectivity index (χ2v) is 11.5. The third-order valence-electron chi connectivity index (χ3n) is 6.41. The van der Waals surface area contributed by atoms with Crippen LogP contribution in [0, 0.1) is 5.92 Å². The van der Waals surface area contributed by atoms with Crippen molar-refractivity contribution in [3.05, 3.63) is 40.3 Å². The standard InChI is InChI=1S/C24H30N2O6S2/c1-3-32-24(28)21-19-6-4-5-7-20(19)33-23(21)25-22(27)16-12-14-26(15-13-16)34(29,30)18-10-8-17(31-2)9-11-18/h8-11,16H,3-7,12-15H2,1-2H3,(H,25,27). The normalized spacial score (nSPS) is 17.1. The van der Waals surface area contributed by atoms with Gasteiger partial charge in [0.1, 0.15) is 10.8 Å². The van der Waals surface area contributed by atoms with Gasteiger partial charge in [-0.2, -0.15) is 4.31 Å². The molecule has 10 heteroatoms. The Balaban J connectivity index is 1.43. The van der Waals surface area contributed by atoms with Crippen LogP contribution in [0.5, 0.6) is 5.75 Å². The van der Waals surface area contributed by atoms with E-state index in [0.29, 0.717) is 29.2 Å². The highest BCUT2D eigenvalue weighted by Crippen LogP contribution is 2.39. The fourth-order valence-electron chi connectivity index (χ4n) is 4.54. The van der Waals surface area contributed by atoms with Crippen LogP contribution in [0.2, 0.25) is 0 Å². The minimum Gasteiger partial charge on any atom is -0.497 e. The summed E-state index contributed by atoms with van der Waals surface area (Å²) in [5.74, 6) is -0.300. The molecule has 1 amide bonds. The number of carbonyl (C=O) groups is 2. The molecule has 2 aliphatic rings. The summed E-state index contributed by atoms with van der Waals surface area (Å²) in [6.07, 6.45) is 4.65. The third-order valence-corrected chi connectivity index (χ3v) is 9.53. The predicted octanol–water partition coefficient (Wildman–Crippen LogP) is 3.85. The van der Waals surface area contributed by atoms with E-state index in [1.165, 1.54) is 34.9 Å². The fraction of sp³-hybridized carbons (Fsp3) is 0.500. The van der Waals surface area contributed by atoms with Gasteiger partial charge in [-0.05, 0) is 75.3 Å². The monoisotopic (exact) mass is 506 g/mol. The Morgan fingerprint density at radius 1 is 1.12 bits per heavy atom. The molecular weight excluding hydrogens is 476 g/mol. The molecule has 1 aliphatic heterocycles. The Hall–Kier alpha value is -2.43. The Morgan fingerprint density at radius 3 is 2.44 bits per heavy atom. The van der Waals surface area contributed by atoms with E-state index >= 15 is 0 Å². The number of nitrogens with one attached hydrogen (secondary N) is 1. The summed E-state index contributed by atoms with van der Waals surface area (Å²) < 4.78 is 37.8. The lowest BCUT2D eigenvalue weighted by Gasteiger charge is -2.30. The number of sulfonamides is 1. The number of ether oxygens (including phenoxy) is 2. The first-order valence-electron chi connectivity index (χ1n) is 11.6. The molecule has 1 aliphatic carbocycles. The number of thiophene rings is 1. The first-order valence-corrected chi connectivity index (χ1v) is 13.9. The van der Waals surface area contributed by atoms with Gasteiger partial charge >= 0.3 is 5.97 Å². The van der Waals surface area contributed by atoms with E-state index in [2.05, 4.69) is 5.32 Å². The lowest BCUT2D eigenvalue weighted by Crippen LogP contribution is -2.41. The molecule has 2 heterocycles. The van der Waals surface area contributed by atoms with Gasteiger partial charge in [0, 0.05) is 23.9 Å². The van der Waals surface area contributed by atoms with E-state index in [1.54, 1.807) is 19.1 Å². The molecule has 4 rings (SSSR count). The Labute approximate surface area is 204 Å². The Morgan fingerprint density at radius 2 is 1.79 bits per heavy atom. The molecule has 8 nitrogen and oxygen atoms in total. The average Bonchev–Trinajstić information content (AvgIpc) is 3.22. The average molecular weight is 507 g/mol. The van der Waals surface area contributed by atoms with Gasteiger partial charge in [-0.1, -0.05) is 0 Å².